The molecule has 1 atom stereocenters. The van der Waals surface area contributed by atoms with Gasteiger partial charge in [-0.1, -0.05) is 6.07 Å². The molecule has 2 rings (SSSR count). The monoisotopic (exact) mass is 264 g/mol. The Morgan fingerprint density at radius 2 is 2.32 bits per heavy atom. The lowest BCUT2D eigenvalue weighted by Gasteiger charge is -2.17. The quantitative estimate of drug-likeness (QED) is 0.859. The molecule has 2 N–H and O–H groups in total. The van der Waals surface area contributed by atoms with Crippen LogP contribution < -0.4 is 10.1 Å². The Hall–Kier alpha value is -2.24. The van der Waals surface area contributed by atoms with Crippen molar-refractivity contribution in [2.45, 2.75) is 19.5 Å². The van der Waals surface area contributed by atoms with Crippen molar-refractivity contribution >= 4 is 12.0 Å². The van der Waals surface area contributed by atoms with Crippen LogP contribution in [0.1, 0.15) is 22.8 Å². The SMILES string of the molecule is COc1cc(C(=O)O)ccc1CN1CC(C)NC1=O. The van der Waals surface area contributed by atoms with E-state index in [-0.39, 0.29) is 17.6 Å². The number of carboxylic acid groups (broad SMARTS) is 1. The summed E-state index contributed by atoms with van der Waals surface area (Å²) >= 11 is 0. The van der Waals surface area contributed by atoms with Gasteiger partial charge in [0.05, 0.1) is 19.2 Å². The summed E-state index contributed by atoms with van der Waals surface area (Å²) in [5, 5.41) is 11.7. The maximum Gasteiger partial charge on any atom is 0.335 e. The number of amides is 2. The molecule has 0 aliphatic carbocycles. The Kier molecular flexibility index (Phi) is 3.59. The lowest BCUT2D eigenvalue weighted by molar-refractivity contribution is 0.0696. The van der Waals surface area contributed by atoms with Crippen molar-refractivity contribution < 1.29 is 19.4 Å². The Morgan fingerprint density at radius 3 is 2.84 bits per heavy atom. The van der Waals surface area contributed by atoms with Crippen molar-refractivity contribution in [2.75, 3.05) is 13.7 Å². The van der Waals surface area contributed by atoms with E-state index in [2.05, 4.69) is 5.32 Å². The minimum absolute atomic E-state index is 0.114. The molecule has 0 radical (unpaired) electrons. The summed E-state index contributed by atoms with van der Waals surface area (Å²) in [7, 11) is 1.48. The number of nitrogens with zero attached hydrogens (tertiary/aromatic N) is 1. The Labute approximate surface area is 111 Å². The maximum absolute atomic E-state index is 11.6. The van der Waals surface area contributed by atoms with Crippen molar-refractivity contribution in [1.29, 1.82) is 0 Å². The zero-order valence-electron chi connectivity index (χ0n) is 10.8. The third kappa shape index (κ3) is 2.78. The normalized spacial score (nSPS) is 18.3. The summed E-state index contributed by atoms with van der Waals surface area (Å²) in [4.78, 5) is 24.2. The smallest absolute Gasteiger partial charge is 0.335 e. The van der Waals surface area contributed by atoms with Gasteiger partial charge in [0.2, 0.25) is 0 Å². The van der Waals surface area contributed by atoms with Crippen molar-refractivity contribution in [1.82, 2.24) is 10.2 Å². The number of aromatic carboxylic acids is 1. The number of methoxy groups -OCH3 is 1. The molecule has 0 aromatic heterocycles. The molecule has 1 fully saturated rings. The minimum Gasteiger partial charge on any atom is -0.496 e. The van der Waals surface area contributed by atoms with Crippen molar-refractivity contribution in [2.24, 2.45) is 0 Å². The number of urea groups is 1. The topological polar surface area (TPSA) is 78.9 Å². The highest BCUT2D eigenvalue weighted by molar-refractivity contribution is 5.88. The third-order valence-corrected chi connectivity index (χ3v) is 3.05. The van der Waals surface area contributed by atoms with Crippen LogP contribution in [-0.2, 0) is 6.54 Å². The van der Waals surface area contributed by atoms with E-state index in [1.165, 1.54) is 19.2 Å². The highest BCUT2D eigenvalue weighted by atomic mass is 16.5. The largest absolute Gasteiger partial charge is 0.496 e. The van der Waals surface area contributed by atoms with Gasteiger partial charge in [-0.2, -0.15) is 0 Å². The molecule has 6 heteroatoms. The van der Waals surface area contributed by atoms with Crippen LogP contribution in [0.3, 0.4) is 0 Å². The van der Waals surface area contributed by atoms with Crippen LogP contribution in [0, 0.1) is 0 Å². The molecule has 102 valence electrons. The molecule has 0 spiro atoms. The number of rotatable bonds is 4. The maximum atomic E-state index is 11.6. The summed E-state index contributed by atoms with van der Waals surface area (Å²) < 4.78 is 5.19. The summed E-state index contributed by atoms with van der Waals surface area (Å²) in [5.74, 6) is -0.523. The lowest BCUT2D eigenvalue weighted by Crippen LogP contribution is -2.28. The third-order valence-electron chi connectivity index (χ3n) is 3.05. The summed E-state index contributed by atoms with van der Waals surface area (Å²) in [5.41, 5.74) is 0.955. The molecule has 0 bridgehead atoms. The predicted octanol–water partition coefficient (Wildman–Crippen LogP) is 1.31. The molecule has 1 heterocycles. The van der Waals surface area contributed by atoms with Crippen LogP contribution in [-0.4, -0.2) is 41.7 Å². The number of carboxylic acids is 1. The van der Waals surface area contributed by atoms with Crippen LogP contribution in [0.5, 0.6) is 5.75 Å². The van der Waals surface area contributed by atoms with Gasteiger partial charge in [-0.05, 0) is 19.1 Å². The van der Waals surface area contributed by atoms with Gasteiger partial charge in [0.1, 0.15) is 5.75 Å². The second-order valence-corrected chi connectivity index (χ2v) is 4.56. The predicted molar refractivity (Wildman–Crippen MR) is 68.4 cm³/mol. The minimum atomic E-state index is -1.00. The van der Waals surface area contributed by atoms with Crippen LogP contribution >= 0.6 is 0 Å². The fraction of sp³-hybridized carbons (Fsp3) is 0.385. The van der Waals surface area contributed by atoms with E-state index in [4.69, 9.17) is 9.84 Å². The second kappa shape index (κ2) is 5.17. The molecule has 1 aromatic rings. The highest BCUT2D eigenvalue weighted by Crippen LogP contribution is 2.23. The van der Waals surface area contributed by atoms with E-state index in [0.29, 0.717) is 18.8 Å². The van der Waals surface area contributed by atoms with Gasteiger partial charge >= 0.3 is 12.0 Å². The van der Waals surface area contributed by atoms with Gasteiger partial charge < -0.3 is 20.1 Å². The number of carbonyl (C=O) groups is 2. The average molecular weight is 264 g/mol. The molecule has 1 aliphatic rings. The van der Waals surface area contributed by atoms with Gasteiger partial charge in [-0.15, -0.1) is 0 Å². The van der Waals surface area contributed by atoms with Crippen molar-refractivity contribution in [3.05, 3.63) is 29.3 Å². The molecular weight excluding hydrogens is 248 g/mol. The molecule has 2 amide bonds. The van der Waals surface area contributed by atoms with E-state index in [1.807, 2.05) is 6.92 Å². The fourth-order valence-electron chi connectivity index (χ4n) is 2.11. The first-order chi connectivity index (χ1) is 9.01. The van der Waals surface area contributed by atoms with Crippen LogP contribution in [0.25, 0.3) is 0 Å². The molecule has 1 saturated heterocycles. The van der Waals surface area contributed by atoms with Gasteiger partial charge in [0, 0.05) is 18.2 Å². The number of hydrogen-bond donors (Lipinski definition) is 2. The van der Waals surface area contributed by atoms with Crippen LogP contribution in [0.2, 0.25) is 0 Å². The molecule has 19 heavy (non-hydrogen) atoms. The van der Waals surface area contributed by atoms with E-state index < -0.39 is 5.97 Å². The number of hydrogen-bond acceptors (Lipinski definition) is 3. The molecule has 6 nitrogen and oxygen atoms in total. The standard InChI is InChI=1S/C13H16N2O4/c1-8-6-15(13(18)14-8)7-10-4-3-9(12(16)17)5-11(10)19-2/h3-5,8H,6-7H2,1-2H3,(H,14,18)(H,16,17). The Bertz CT molecular complexity index is 515. The first-order valence-corrected chi connectivity index (χ1v) is 5.97. The fourth-order valence-corrected chi connectivity index (χ4v) is 2.11. The van der Waals surface area contributed by atoms with Crippen LogP contribution in [0.15, 0.2) is 18.2 Å². The molecule has 1 aromatic carbocycles. The van der Waals surface area contributed by atoms with E-state index >= 15 is 0 Å². The van der Waals surface area contributed by atoms with Gasteiger partial charge in [-0.25, -0.2) is 9.59 Å². The summed E-state index contributed by atoms with van der Waals surface area (Å²) in [6.45, 7) is 2.96. The van der Waals surface area contributed by atoms with Crippen molar-refractivity contribution in [3.63, 3.8) is 0 Å². The average Bonchev–Trinajstić information content (AvgIpc) is 2.68. The highest BCUT2D eigenvalue weighted by Gasteiger charge is 2.26. The molecule has 1 aliphatic heterocycles. The summed E-state index contributed by atoms with van der Waals surface area (Å²) in [6, 6.07) is 4.67. The summed E-state index contributed by atoms with van der Waals surface area (Å²) in [6.07, 6.45) is 0. The van der Waals surface area contributed by atoms with E-state index in [1.54, 1.807) is 11.0 Å². The van der Waals surface area contributed by atoms with Crippen LogP contribution in [0.4, 0.5) is 4.79 Å². The first-order valence-electron chi connectivity index (χ1n) is 5.97. The molecular formula is C13H16N2O4. The zero-order valence-corrected chi connectivity index (χ0v) is 10.8. The first kappa shape index (κ1) is 13.2. The number of ether oxygens (including phenoxy) is 1. The number of nitrogens with one attached hydrogen (secondary N) is 1. The number of carbonyl (C=O) groups excluding carboxylic acids is 1. The van der Waals surface area contributed by atoms with E-state index in [0.717, 1.165) is 5.56 Å². The molecule has 1 unspecified atom stereocenters. The number of benzene rings is 1. The zero-order chi connectivity index (χ0) is 14.0. The Balaban J connectivity index is 2.20. The molecule has 0 saturated carbocycles. The van der Waals surface area contributed by atoms with Gasteiger partial charge in [0.15, 0.2) is 0 Å². The van der Waals surface area contributed by atoms with Crippen molar-refractivity contribution in [3.8, 4) is 5.75 Å². The second-order valence-electron chi connectivity index (χ2n) is 4.56. The Morgan fingerprint density at radius 1 is 1.58 bits per heavy atom. The van der Waals surface area contributed by atoms with E-state index in [9.17, 15) is 9.59 Å². The lowest BCUT2D eigenvalue weighted by atomic mass is 10.1. The van der Waals surface area contributed by atoms with Gasteiger partial charge in [0.25, 0.3) is 0 Å². The van der Waals surface area contributed by atoms with Gasteiger partial charge in [-0.3, -0.25) is 0 Å².